The van der Waals surface area contributed by atoms with E-state index in [1.165, 1.54) is 24.3 Å². The average molecular weight is 412 g/mol. The molecule has 1 saturated heterocycles. The van der Waals surface area contributed by atoms with Gasteiger partial charge in [0.25, 0.3) is 11.8 Å². The van der Waals surface area contributed by atoms with Gasteiger partial charge in [-0.15, -0.1) is 0 Å². The van der Waals surface area contributed by atoms with Crippen molar-refractivity contribution in [1.29, 1.82) is 0 Å². The third kappa shape index (κ3) is 4.41. The molecule has 7 nitrogen and oxygen atoms in total. The molecular formula is C18H20ClF2N5O2. The minimum atomic E-state index is -2.85. The van der Waals surface area contributed by atoms with Crippen LogP contribution in [-0.2, 0) is 0 Å². The molecule has 0 radical (unpaired) electrons. The number of benzene rings is 1. The number of alkyl halides is 2. The number of halogens is 3. The predicted molar refractivity (Wildman–Crippen MR) is 103 cm³/mol. The van der Waals surface area contributed by atoms with Gasteiger partial charge < -0.3 is 20.3 Å². The lowest BCUT2D eigenvalue weighted by molar-refractivity contribution is -0.0560. The van der Waals surface area contributed by atoms with Crippen molar-refractivity contribution in [3.05, 3.63) is 35.0 Å². The van der Waals surface area contributed by atoms with Gasteiger partial charge in [-0.1, -0.05) is 11.6 Å². The number of methoxy groups -OCH3 is 1. The Bertz CT molecular complexity index is 881. The van der Waals surface area contributed by atoms with E-state index in [1.54, 1.807) is 19.2 Å². The van der Waals surface area contributed by atoms with Crippen LogP contribution < -0.4 is 15.4 Å². The van der Waals surface area contributed by atoms with E-state index in [2.05, 4.69) is 20.6 Å². The SMILES string of the molecule is CNc1nc(Nc2ccc(C(=O)N3CCCC(F)(F)C3)cc2OC)ncc1Cl. The second kappa shape index (κ2) is 8.14. The molecule has 2 heterocycles. The molecule has 0 saturated carbocycles. The second-order valence-corrected chi connectivity index (χ2v) is 6.77. The molecule has 0 spiro atoms. The number of piperidine rings is 1. The first-order valence-corrected chi connectivity index (χ1v) is 9.03. The molecule has 1 aliphatic heterocycles. The van der Waals surface area contributed by atoms with Crippen LogP contribution in [0.1, 0.15) is 23.2 Å². The maximum atomic E-state index is 13.6. The van der Waals surface area contributed by atoms with Crippen LogP contribution in [0.4, 0.5) is 26.2 Å². The van der Waals surface area contributed by atoms with E-state index >= 15 is 0 Å². The molecule has 0 aliphatic carbocycles. The number of amides is 1. The van der Waals surface area contributed by atoms with Gasteiger partial charge in [-0.05, 0) is 24.6 Å². The molecule has 3 rings (SSSR count). The van der Waals surface area contributed by atoms with Gasteiger partial charge in [0.2, 0.25) is 5.95 Å². The van der Waals surface area contributed by atoms with Gasteiger partial charge in [-0.2, -0.15) is 4.98 Å². The first-order chi connectivity index (χ1) is 13.3. The van der Waals surface area contributed by atoms with Crippen molar-refractivity contribution >= 4 is 35.0 Å². The fraction of sp³-hybridized carbons (Fsp3) is 0.389. The molecule has 0 atom stereocenters. The van der Waals surface area contributed by atoms with E-state index in [9.17, 15) is 13.6 Å². The Morgan fingerprint density at radius 2 is 2.18 bits per heavy atom. The number of hydrogen-bond donors (Lipinski definition) is 2. The first-order valence-electron chi connectivity index (χ1n) is 8.65. The van der Waals surface area contributed by atoms with Crippen LogP contribution in [0.15, 0.2) is 24.4 Å². The van der Waals surface area contributed by atoms with E-state index in [0.29, 0.717) is 28.8 Å². The van der Waals surface area contributed by atoms with Crippen molar-refractivity contribution in [2.24, 2.45) is 0 Å². The molecule has 1 aromatic carbocycles. The van der Waals surface area contributed by atoms with Crippen LogP contribution in [0.5, 0.6) is 5.75 Å². The van der Waals surface area contributed by atoms with E-state index < -0.39 is 18.4 Å². The molecule has 1 fully saturated rings. The van der Waals surface area contributed by atoms with Crippen molar-refractivity contribution < 1.29 is 18.3 Å². The van der Waals surface area contributed by atoms with Crippen molar-refractivity contribution in [1.82, 2.24) is 14.9 Å². The molecule has 1 amide bonds. The summed E-state index contributed by atoms with van der Waals surface area (Å²) in [5, 5.41) is 6.22. The summed E-state index contributed by atoms with van der Waals surface area (Å²) in [5.74, 6) is -2.21. The summed E-state index contributed by atoms with van der Waals surface area (Å²) in [5.41, 5.74) is 0.792. The second-order valence-electron chi connectivity index (χ2n) is 6.37. The van der Waals surface area contributed by atoms with Crippen molar-refractivity contribution in [2.75, 3.05) is 37.9 Å². The highest BCUT2D eigenvalue weighted by Gasteiger charge is 2.37. The molecule has 10 heteroatoms. The number of hydrogen-bond acceptors (Lipinski definition) is 6. The van der Waals surface area contributed by atoms with Crippen LogP contribution >= 0.6 is 11.6 Å². The number of carbonyl (C=O) groups excluding carboxylic acids is 1. The van der Waals surface area contributed by atoms with E-state index in [0.717, 1.165) is 0 Å². The topological polar surface area (TPSA) is 79.4 Å². The third-order valence-electron chi connectivity index (χ3n) is 4.36. The van der Waals surface area contributed by atoms with E-state index in [4.69, 9.17) is 16.3 Å². The summed E-state index contributed by atoms with van der Waals surface area (Å²) in [4.78, 5) is 22.1. The molecule has 150 valence electrons. The Hall–Kier alpha value is -2.68. The van der Waals surface area contributed by atoms with E-state index in [-0.39, 0.29) is 24.4 Å². The highest BCUT2D eigenvalue weighted by Crippen LogP contribution is 2.31. The Labute approximate surface area is 166 Å². The van der Waals surface area contributed by atoms with Gasteiger partial charge in [0.1, 0.15) is 16.6 Å². The Balaban J connectivity index is 1.81. The number of likely N-dealkylation sites (tertiary alicyclic amines) is 1. The molecule has 2 N–H and O–H groups in total. The molecule has 2 aromatic rings. The van der Waals surface area contributed by atoms with Crippen molar-refractivity contribution in [3.63, 3.8) is 0 Å². The Kier molecular flexibility index (Phi) is 5.83. The van der Waals surface area contributed by atoms with Gasteiger partial charge in [0, 0.05) is 25.6 Å². The number of aromatic nitrogens is 2. The summed E-state index contributed by atoms with van der Waals surface area (Å²) >= 11 is 5.97. The number of nitrogens with zero attached hydrogens (tertiary/aromatic N) is 3. The first kappa shape index (κ1) is 20.1. The molecule has 1 aromatic heterocycles. The number of ether oxygens (including phenoxy) is 1. The number of nitrogens with one attached hydrogen (secondary N) is 2. The summed E-state index contributed by atoms with van der Waals surface area (Å²) in [6.07, 6.45) is 1.53. The maximum Gasteiger partial charge on any atom is 0.265 e. The summed E-state index contributed by atoms with van der Waals surface area (Å²) < 4.78 is 32.6. The Morgan fingerprint density at radius 1 is 1.39 bits per heavy atom. The Morgan fingerprint density at radius 3 is 2.86 bits per heavy atom. The lowest BCUT2D eigenvalue weighted by atomic mass is 10.1. The normalized spacial score (nSPS) is 15.8. The predicted octanol–water partition coefficient (Wildman–Crippen LogP) is 3.80. The van der Waals surface area contributed by atoms with Gasteiger partial charge in [-0.25, -0.2) is 13.8 Å². The standard InChI is InChI=1S/C18H20ClF2N5O2/c1-22-15-12(19)9-23-17(25-15)24-13-5-4-11(8-14(13)28-2)16(27)26-7-3-6-18(20,21)10-26/h4-5,8-9H,3,6-7,10H2,1-2H3,(H2,22,23,24,25). The zero-order valence-corrected chi connectivity index (χ0v) is 16.2. The van der Waals surface area contributed by atoms with Crippen LogP contribution in [-0.4, -0.2) is 53.9 Å². The smallest absolute Gasteiger partial charge is 0.265 e. The maximum absolute atomic E-state index is 13.6. The molecule has 28 heavy (non-hydrogen) atoms. The van der Waals surface area contributed by atoms with Gasteiger partial charge >= 0.3 is 0 Å². The lowest BCUT2D eigenvalue weighted by Crippen LogP contribution is -2.45. The van der Waals surface area contributed by atoms with Gasteiger partial charge in [-0.3, -0.25) is 4.79 Å². The van der Waals surface area contributed by atoms with Gasteiger partial charge in [0.05, 0.1) is 25.5 Å². The summed E-state index contributed by atoms with van der Waals surface area (Å²) in [6, 6.07) is 4.67. The average Bonchev–Trinajstić information content (AvgIpc) is 2.68. The molecule has 0 unspecified atom stereocenters. The minimum absolute atomic E-state index is 0.196. The summed E-state index contributed by atoms with van der Waals surface area (Å²) in [7, 11) is 3.13. The highest BCUT2D eigenvalue weighted by atomic mass is 35.5. The number of anilines is 3. The van der Waals surface area contributed by atoms with E-state index in [1.807, 2.05) is 0 Å². The lowest BCUT2D eigenvalue weighted by Gasteiger charge is -2.32. The fourth-order valence-corrected chi connectivity index (χ4v) is 3.16. The quantitative estimate of drug-likeness (QED) is 0.779. The third-order valence-corrected chi connectivity index (χ3v) is 4.63. The van der Waals surface area contributed by atoms with Crippen molar-refractivity contribution in [3.8, 4) is 5.75 Å². The zero-order valence-electron chi connectivity index (χ0n) is 15.4. The van der Waals surface area contributed by atoms with Crippen molar-refractivity contribution in [2.45, 2.75) is 18.8 Å². The number of carbonyl (C=O) groups is 1. The highest BCUT2D eigenvalue weighted by molar-refractivity contribution is 6.32. The number of rotatable bonds is 5. The molecule has 1 aliphatic rings. The van der Waals surface area contributed by atoms with Crippen LogP contribution in [0.2, 0.25) is 5.02 Å². The fourth-order valence-electron chi connectivity index (χ4n) is 2.97. The molecular weight excluding hydrogens is 392 g/mol. The monoisotopic (exact) mass is 411 g/mol. The largest absolute Gasteiger partial charge is 0.495 e. The van der Waals surface area contributed by atoms with Crippen LogP contribution in [0, 0.1) is 0 Å². The van der Waals surface area contributed by atoms with Crippen LogP contribution in [0.3, 0.4) is 0 Å². The zero-order chi connectivity index (χ0) is 20.3. The minimum Gasteiger partial charge on any atom is -0.495 e. The van der Waals surface area contributed by atoms with Gasteiger partial charge in [0.15, 0.2) is 0 Å². The summed E-state index contributed by atoms with van der Waals surface area (Å²) in [6.45, 7) is -0.262. The molecule has 0 bridgehead atoms. The van der Waals surface area contributed by atoms with Crippen LogP contribution in [0.25, 0.3) is 0 Å².